The Balaban J connectivity index is 1.90. The van der Waals surface area contributed by atoms with E-state index in [0.717, 1.165) is 28.1 Å². The molecule has 0 spiro atoms. The Kier molecular flexibility index (Phi) is 3.14. The van der Waals surface area contributed by atoms with Crippen LogP contribution in [-0.4, -0.2) is 9.55 Å². The van der Waals surface area contributed by atoms with Gasteiger partial charge in [0.05, 0.1) is 11.0 Å². The molecule has 0 N–H and O–H groups in total. The first-order valence-corrected chi connectivity index (χ1v) is 8.42. The quantitative estimate of drug-likeness (QED) is 0.399. The summed E-state index contributed by atoms with van der Waals surface area (Å²) < 4.78 is 2.25. The van der Waals surface area contributed by atoms with Gasteiger partial charge < -0.3 is 0 Å². The molecule has 25 heavy (non-hydrogen) atoms. The molecule has 0 amide bonds. The molecular formula is C23H16N2. The van der Waals surface area contributed by atoms with Crippen LogP contribution in [0.4, 0.5) is 0 Å². The second-order valence-corrected chi connectivity index (χ2v) is 6.16. The maximum absolute atomic E-state index is 4.97. The first kappa shape index (κ1) is 14.0. The van der Waals surface area contributed by atoms with Gasteiger partial charge in [-0.05, 0) is 35.0 Å². The molecule has 0 bridgehead atoms. The summed E-state index contributed by atoms with van der Waals surface area (Å²) in [7, 11) is 0. The molecule has 0 aliphatic rings. The van der Waals surface area contributed by atoms with E-state index in [2.05, 4.69) is 89.5 Å². The van der Waals surface area contributed by atoms with Gasteiger partial charge >= 0.3 is 0 Å². The third kappa shape index (κ3) is 2.31. The van der Waals surface area contributed by atoms with Crippen LogP contribution in [0.5, 0.6) is 0 Å². The molecule has 0 atom stereocenters. The molecule has 1 heterocycles. The largest absolute Gasteiger partial charge is 0.292 e. The number of hydrogen-bond donors (Lipinski definition) is 0. The van der Waals surface area contributed by atoms with Crippen LogP contribution in [0.3, 0.4) is 0 Å². The topological polar surface area (TPSA) is 17.8 Å². The van der Waals surface area contributed by atoms with Gasteiger partial charge in [-0.15, -0.1) is 0 Å². The molecule has 0 radical (unpaired) electrons. The van der Waals surface area contributed by atoms with Crippen molar-refractivity contribution >= 4 is 21.8 Å². The summed E-state index contributed by atoms with van der Waals surface area (Å²) in [4.78, 5) is 4.97. The van der Waals surface area contributed by atoms with Gasteiger partial charge in [0, 0.05) is 11.3 Å². The molecule has 0 fully saturated rings. The number of imidazole rings is 1. The summed E-state index contributed by atoms with van der Waals surface area (Å²) in [5.41, 5.74) is 4.39. The van der Waals surface area contributed by atoms with E-state index in [1.807, 2.05) is 12.1 Å². The predicted octanol–water partition coefficient (Wildman–Crippen LogP) is 5.85. The Morgan fingerprint density at radius 1 is 0.600 bits per heavy atom. The van der Waals surface area contributed by atoms with Gasteiger partial charge in [0.15, 0.2) is 0 Å². The van der Waals surface area contributed by atoms with Crippen molar-refractivity contribution in [3.8, 4) is 17.1 Å². The van der Waals surface area contributed by atoms with Gasteiger partial charge in [0.2, 0.25) is 0 Å². The van der Waals surface area contributed by atoms with Crippen LogP contribution in [0, 0.1) is 0 Å². The average molecular weight is 320 g/mol. The van der Waals surface area contributed by atoms with Crippen LogP contribution in [0.1, 0.15) is 0 Å². The maximum Gasteiger partial charge on any atom is 0.145 e. The molecule has 0 unspecified atom stereocenters. The van der Waals surface area contributed by atoms with Gasteiger partial charge in [0.25, 0.3) is 0 Å². The summed E-state index contributed by atoms with van der Waals surface area (Å²) in [5, 5.41) is 2.44. The molecule has 0 aliphatic carbocycles. The van der Waals surface area contributed by atoms with Gasteiger partial charge in [-0.2, -0.15) is 0 Å². The van der Waals surface area contributed by atoms with E-state index in [9.17, 15) is 0 Å². The molecule has 5 aromatic rings. The third-order valence-electron chi connectivity index (χ3n) is 4.57. The Labute approximate surface area is 146 Å². The lowest BCUT2D eigenvalue weighted by Crippen LogP contribution is -1.97. The van der Waals surface area contributed by atoms with Crippen LogP contribution in [0.15, 0.2) is 97.1 Å². The molecule has 0 saturated carbocycles. The van der Waals surface area contributed by atoms with E-state index in [4.69, 9.17) is 4.98 Å². The first-order chi connectivity index (χ1) is 12.4. The van der Waals surface area contributed by atoms with Gasteiger partial charge in [-0.25, -0.2) is 4.98 Å². The lowest BCUT2D eigenvalue weighted by Gasteiger charge is -2.09. The molecule has 0 aliphatic heterocycles. The first-order valence-electron chi connectivity index (χ1n) is 8.42. The maximum atomic E-state index is 4.97. The summed E-state index contributed by atoms with van der Waals surface area (Å²) in [6.07, 6.45) is 0. The average Bonchev–Trinajstić information content (AvgIpc) is 3.06. The molecule has 2 heteroatoms. The molecule has 118 valence electrons. The van der Waals surface area contributed by atoms with Crippen molar-refractivity contribution in [3.05, 3.63) is 97.1 Å². The summed E-state index contributed by atoms with van der Waals surface area (Å²) in [5.74, 6) is 0.970. The number of aromatic nitrogens is 2. The molecular weight excluding hydrogens is 304 g/mol. The highest BCUT2D eigenvalue weighted by Gasteiger charge is 2.14. The van der Waals surface area contributed by atoms with Crippen LogP contribution < -0.4 is 0 Å². The van der Waals surface area contributed by atoms with Crippen molar-refractivity contribution in [1.82, 2.24) is 9.55 Å². The van der Waals surface area contributed by atoms with Crippen molar-refractivity contribution in [2.24, 2.45) is 0 Å². The van der Waals surface area contributed by atoms with Crippen LogP contribution in [0.2, 0.25) is 0 Å². The molecule has 4 aromatic carbocycles. The normalized spacial score (nSPS) is 11.2. The SMILES string of the molecule is c1ccc(-c2nc3cc4ccccc4cc3n2-c2ccccc2)cc1. The van der Waals surface area contributed by atoms with E-state index >= 15 is 0 Å². The van der Waals surface area contributed by atoms with Gasteiger partial charge in [-0.3, -0.25) is 4.57 Å². The van der Waals surface area contributed by atoms with Crippen LogP contribution >= 0.6 is 0 Å². The Morgan fingerprint density at radius 2 is 1.20 bits per heavy atom. The van der Waals surface area contributed by atoms with Crippen molar-refractivity contribution in [2.75, 3.05) is 0 Å². The fraction of sp³-hybridized carbons (Fsp3) is 0. The number of rotatable bonds is 2. The lowest BCUT2D eigenvalue weighted by atomic mass is 10.1. The number of para-hydroxylation sites is 1. The zero-order valence-electron chi connectivity index (χ0n) is 13.6. The van der Waals surface area contributed by atoms with Crippen molar-refractivity contribution in [1.29, 1.82) is 0 Å². The summed E-state index contributed by atoms with van der Waals surface area (Å²) >= 11 is 0. The minimum Gasteiger partial charge on any atom is -0.292 e. The Hall–Kier alpha value is -3.39. The third-order valence-corrected chi connectivity index (χ3v) is 4.57. The van der Waals surface area contributed by atoms with E-state index in [1.165, 1.54) is 10.8 Å². The monoisotopic (exact) mass is 320 g/mol. The molecule has 0 saturated heterocycles. The molecule has 1 aromatic heterocycles. The number of nitrogens with zero attached hydrogens (tertiary/aromatic N) is 2. The highest BCUT2D eigenvalue weighted by Crippen LogP contribution is 2.31. The van der Waals surface area contributed by atoms with Crippen molar-refractivity contribution < 1.29 is 0 Å². The van der Waals surface area contributed by atoms with E-state index in [-0.39, 0.29) is 0 Å². The smallest absolute Gasteiger partial charge is 0.145 e. The van der Waals surface area contributed by atoms with Crippen molar-refractivity contribution in [3.63, 3.8) is 0 Å². The predicted molar refractivity (Wildman–Crippen MR) is 104 cm³/mol. The second-order valence-electron chi connectivity index (χ2n) is 6.16. The standard InChI is InChI=1S/C23H16N2/c1-3-9-17(10-4-1)23-24-21-15-18-11-7-8-12-19(18)16-22(21)25(23)20-13-5-2-6-14-20/h1-16H. The van der Waals surface area contributed by atoms with Crippen molar-refractivity contribution in [2.45, 2.75) is 0 Å². The Bertz CT molecular complexity index is 1170. The highest BCUT2D eigenvalue weighted by atomic mass is 15.1. The zero-order valence-corrected chi connectivity index (χ0v) is 13.6. The van der Waals surface area contributed by atoms with Crippen LogP contribution in [-0.2, 0) is 0 Å². The molecule has 2 nitrogen and oxygen atoms in total. The van der Waals surface area contributed by atoms with Crippen LogP contribution in [0.25, 0.3) is 38.9 Å². The van der Waals surface area contributed by atoms with E-state index in [0.29, 0.717) is 0 Å². The minimum absolute atomic E-state index is 0.970. The highest BCUT2D eigenvalue weighted by molar-refractivity contribution is 5.97. The van der Waals surface area contributed by atoms with Gasteiger partial charge in [0.1, 0.15) is 5.82 Å². The summed E-state index contributed by atoms with van der Waals surface area (Å²) in [6.45, 7) is 0. The fourth-order valence-electron chi connectivity index (χ4n) is 3.38. The van der Waals surface area contributed by atoms with E-state index in [1.54, 1.807) is 0 Å². The van der Waals surface area contributed by atoms with E-state index < -0.39 is 0 Å². The lowest BCUT2D eigenvalue weighted by molar-refractivity contribution is 1.10. The fourth-order valence-corrected chi connectivity index (χ4v) is 3.38. The van der Waals surface area contributed by atoms with Gasteiger partial charge in [-0.1, -0.05) is 72.8 Å². The number of benzene rings is 4. The number of fused-ring (bicyclic) bond motifs is 2. The number of hydrogen-bond acceptors (Lipinski definition) is 1. The zero-order chi connectivity index (χ0) is 16.6. The molecule has 5 rings (SSSR count). The second kappa shape index (κ2) is 5.60. The summed E-state index contributed by atoms with van der Waals surface area (Å²) in [6, 6.07) is 33.6. The Morgan fingerprint density at radius 3 is 1.92 bits per heavy atom. The minimum atomic E-state index is 0.970.